The molecule has 0 radical (unpaired) electrons. The van der Waals surface area contributed by atoms with E-state index in [4.69, 9.17) is 15.0 Å². The van der Waals surface area contributed by atoms with Gasteiger partial charge in [-0.1, -0.05) is 0 Å². The average Bonchev–Trinajstić information content (AvgIpc) is 0.811. The zero-order chi connectivity index (χ0) is 3.58. The Balaban J connectivity index is -0.00000000750. The number of carbonyl (C=O) groups is 1. The van der Waals surface area contributed by atoms with Crippen molar-refractivity contribution in [1.29, 1.82) is 0 Å². The number of hydrogen-bond acceptors (Lipinski definition) is 3. The number of rotatable bonds is 0. The second-order valence-electron chi connectivity index (χ2n) is 0.250. The Bertz CT molecular complexity index is 40.3. The van der Waals surface area contributed by atoms with Gasteiger partial charge in [0.25, 0.3) is 0 Å². The Kier molecular flexibility index (Phi) is 85.1. The van der Waals surface area contributed by atoms with Crippen LogP contribution in [0.5, 0.6) is 0 Å². The summed E-state index contributed by atoms with van der Waals surface area (Å²) in [6.45, 7) is 0. The fourth-order valence-corrected chi connectivity index (χ4v) is 0. The molecule has 0 bridgehead atoms. The maximum atomic E-state index is 8.33. The molecule has 0 unspecified atom stereocenters. The van der Waals surface area contributed by atoms with Crippen LogP contribution >= 0.6 is 0 Å². The average molecular weight is 181 g/mol. The van der Waals surface area contributed by atoms with Crippen LogP contribution in [0.2, 0.25) is 0 Å². The van der Waals surface area contributed by atoms with E-state index < -0.39 is 6.16 Å². The quantitative estimate of drug-likeness (QED) is 0.348. The predicted octanol–water partition coefficient (Wildman–Crippen LogP) is -14.4. The van der Waals surface area contributed by atoms with E-state index in [9.17, 15) is 0 Å². The van der Waals surface area contributed by atoms with E-state index in [1.807, 2.05) is 0 Å². The molecule has 0 aliphatic heterocycles. The van der Waals surface area contributed by atoms with Crippen molar-refractivity contribution < 1.29 is 138 Å². The minimum atomic E-state index is -2.33. The van der Waals surface area contributed by atoms with Crippen molar-refractivity contribution in [2.75, 3.05) is 0 Å². The molecule has 0 aromatic carbocycles. The zero-order valence-corrected chi connectivity index (χ0v) is 13.0. The van der Waals surface area contributed by atoms with Gasteiger partial charge in [0.15, 0.2) is 0 Å². The molecule has 0 N–H and O–H groups in total. The molecular formula is CClKNa2O3. The van der Waals surface area contributed by atoms with Crippen LogP contribution < -0.4 is 133 Å². The van der Waals surface area contributed by atoms with Crippen LogP contribution in [0.15, 0.2) is 0 Å². The Hall–Kier alpha value is 3.20. The molecule has 3 nitrogen and oxygen atoms in total. The van der Waals surface area contributed by atoms with E-state index in [0.29, 0.717) is 0 Å². The molecule has 0 heterocycles. The summed E-state index contributed by atoms with van der Waals surface area (Å²) in [7, 11) is 0. The molecular weight excluding hydrogens is 181 g/mol. The number of hydrogen-bond donors (Lipinski definition) is 0. The Morgan fingerprint density at radius 1 is 1.12 bits per heavy atom. The molecule has 0 atom stereocenters. The summed E-state index contributed by atoms with van der Waals surface area (Å²) >= 11 is 0. The maximum absolute atomic E-state index is 8.33. The maximum Gasteiger partial charge on any atom is 1.00 e. The van der Waals surface area contributed by atoms with Gasteiger partial charge in [-0.05, 0) is 6.16 Å². The summed E-state index contributed by atoms with van der Waals surface area (Å²) in [5.74, 6) is 0. The summed E-state index contributed by atoms with van der Waals surface area (Å²) in [4.78, 5) is 8.33. The van der Waals surface area contributed by atoms with Crippen molar-refractivity contribution in [3.8, 4) is 0 Å². The van der Waals surface area contributed by atoms with Crippen molar-refractivity contribution in [1.82, 2.24) is 0 Å². The molecule has 0 spiro atoms. The predicted molar refractivity (Wildman–Crippen MR) is 5.40 cm³/mol. The molecule has 7 heteroatoms. The van der Waals surface area contributed by atoms with Crippen LogP contribution in [-0.4, -0.2) is 6.16 Å². The van der Waals surface area contributed by atoms with Gasteiger partial charge in [0.2, 0.25) is 0 Å². The van der Waals surface area contributed by atoms with Gasteiger partial charge in [0.05, 0.1) is 0 Å². The molecule has 8 heavy (non-hydrogen) atoms. The fourth-order valence-electron chi connectivity index (χ4n) is 0. The Labute approximate surface area is 140 Å². The molecule has 0 aliphatic carbocycles. The first kappa shape index (κ1) is 30.3. The van der Waals surface area contributed by atoms with Crippen LogP contribution in [0, 0.1) is 0 Å². The number of carboxylic acid groups (broad SMARTS) is 2. The molecule has 0 fully saturated rings. The van der Waals surface area contributed by atoms with Crippen LogP contribution in [0.4, 0.5) is 4.79 Å². The molecule has 0 amide bonds. The third kappa shape index (κ3) is 60.5. The topological polar surface area (TPSA) is 63.2 Å². The molecule has 0 rings (SSSR count). The second-order valence-corrected chi connectivity index (χ2v) is 0.250. The van der Waals surface area contributed by atoms with Crippen LogP contribution in [-0.2, 0) is 0 Å². The van der Waals surface area contributed by atoms with E-state index in [2.05, 4.69) is 0 Å². The molecule has 0 aromatic rings. The monoisotopic (exact) mass is 180 g/mol. The van der Waals surface area contributed by atoms with Crippen molar-refractivity contribution in [2.24, 2.45) is 0 Å². The minimum absolute atomic E-state index is 0. The van der Waals surface area contributed by atoms with Gasteiger partial charge < -0.3 is 27.4 Å². The Morgan fingerprint density at radius 3 is 1.12 bits per heavy atom. The summed E-state index contributed by atoms with van der Waals surface area (Å²) < 4.78 is 0. The van der Waals surface area contributed by atoms with Crippen molar-refractivity contribution in [3.63, 3.8) is 0 Å². The second kappa shape index (κ2) is 22.5. The SMILES string of the molecule is O=C([O-])[O-].[Cl-].[K+].[Na+].[Na+]. The standard InChI is InChI=1S/CH2O3.ClH.K.2Na/c2-1(3)4;;;;/h(H2,2,3,4);1H;;;/q;;3*+1/p-3. The largest absolute Gasteiger partial charge is 1.00 e. The van der Waals surface area contributed by atoms with Gasteiger partial charge in [0.1, 0.15) is 0 Å². The van der Waals surface area contributed by atoms with Gasteiger partial charge >= 0.3 is 110 Å². The summed E-state index contributed by atoms with van der Waals surface area (Å²) in [6.07, 6.45) is -2.33. The molecule has 32 valence electrons. The molecule has 0 aromatic heterocycles. The van der Waals surface area contributed by atoms with E-state index >= 15 is 0 Å². The third-order valence-corrected chi connectivity index (χ3v) is 0. The first-order valence-corrected chi connectivity index (χ1v) is 0.612. The molecule has 0 saturated heterocycles. The van der Waals surface area contributed by atoms with Crippen molar-refractivity contribution >= 4 is 6.16 Å². The molecule has 0 saturated carbocycles. The summed E-state index contributed by atoms with van der Waals surface area (Å²) in [6, 6.07) is 0. The van der Waals surface area contributed by atoms with Gasteiger partial charge in [-0.25, -0.2) is 0 Å². The van der Waals surface area contributed by atoms with Crippen LogP contribution in [0.3, 0.4) is 0 Å². The van der Waals surface area contributed by atoms with Crippen LogP contribution in [0.25, 0.3) is 0 Å². The van der Waals surface area contributed by atoms with Crippen LogP contribution in [0.1, 0.15) is 0 Å². The number of halogens is 1. The third-order valence-electron chi connectivity index (χ3n) is 0. The van der Waals surface area contributed by atoms with Gasteiger partial charge in [0, 0.05) is 0 Å². The smallest absolute Gasteiger partial charge is 1.00 e. The fraction of sp³-hybridized carbons (Fsp3) is 0. The Morgan fingerprint density at radius 2 is 1.12 bits per heavy atom. The van der Waals surface area contributed by atoms with E-state index in [0.717, 1.165) is 0 Å². The van der Waals surface area contributed by atoms with Gasteiger partial charge in [-0.3, -0.25) is 0 Å². The minimum Gasteiger partial charge on any atom is -1.00 e. The summed E-state index contributed by atoms with van der Waals surface area (Å²) in [5, 5.41) is 16.7. The first-order valence-electron chi connectivity index (χ1n) is 0.612. The van der Waals surface area contributed by atoms with Crippen molar-refractivity contribution in [3.05, 3.63) is 0 Å². The van der Waals surface area contributed by atoms with E-state index in [1.165, 1.54) is 0 Å². The summed E-state index contributed by atoms with van der Waals surface area (Å²) in [5.41, 5.74) is 0. The normalized spacial score (nSPS) is 3.00. The van der Waals surface area contributed by atoms with E-state index in [-0.39, 0.29) is 123 Å². The van der Waals surface area contributed by atoms with Gasteiger partial charge in [-0.15, -0.1) is 0 Å². The molecule has 0 aliphatic rings. The van der Waals surface area contributed by atoms with E-state index in [1.54, 1.807) is 0 Å². The van der Waals surface area contributed by atoms with Crippen molar-refractivity contribution in [2.45, 2.75) is 0 Å². The van der Waals surface area contributed by atoms with Gasteiger partial charge in [-0.2, -0.15) is 0 Å². The number of carbonyl (C=O) groups excluding carboxylic acids is 1. The zero-order valence-electron chi connectivity index (χ0n) is 5.10. The first-order chi connectivity index (χ1) is 1.73.